The van der Waals surface area contributed by atoms with Crippen LogP contribution in [0.15, 0.2) is 72.3 Å². The van der Waals surface area contributed by atoms with E-state index in [0.717, 1.165) is 24.8 Å². The molecule has 0 unspecified atom stereocenters. The number of alkyl halides is 3. The number of hydrogen-bond donors (Lipinski definition) is 1. The van der Waals surface area contributed by atoms with Crippen LogP contribution in [-0.4, -0.2) is 5.91 Å². The Kier molecular flexibility index (Phi) is 8.36. The van der Waals surface area contributed by atoms with Gasteiger partial charge in [-0.3, -0.25) is 4.79 Å². The fraction of sp³-hybridized carbons (Fsp3) is 0.0833. The number of hydrogen-bond acceptors (Lipinski definition) is 3. The summed E-state index contributed by atoms with van der Waals surface area (Å²) in [5.74, 6) is -0.149. The van der Waals surface area contributed by atoms with Gasteiger partial charge in [-0.05, 0) is 105 Å². The van der Waals surface area contributed by atoms with Crippen molar-refractivity contribution in [3.63, 3.8) is 0 Å². The molecule has 0 aliphatic rings. The van der Waals surface area contributed by atoms with Gasteiger partial charge < -0.3 is 10.1 Å². The number of amides is 1. The third kappa shape index (κ3) is 7.20. The zero-order valence-electron chi connectivity index (χ0n) is 16.8. The smallest absolute Gasteiger partial charge is 0.416 e. The molecule has 0 fully saturated rings. The number of anilines is 1. The Morgan fingerprint density at radius 1 is 1.06 bits per heavy atom. The van der Waals surface area contributed by atoms with E-state index >= 15 is 0 Å². The molecule has 4 nitrogen and oxygen atoms in total. The standard InChI is InChI=1S/C24H15F3I2N2O2/c25-24(26,27)18-2-1-3-20(12-18)31-23(32)17(13-30)10-16-6-9-22(21(29)11-16)33-14-15-4-7-19(28)8-5-15/h1-12H,14H2,(H,31,32)/b17-10-. The summed E-state index contributed by atoms with van der Waals surface area (Å²) < 4.78 is 46.4. The summed E-state index contributed by atoms with van der Waals surface area (Å²) in [6, 6.07) is 19.1. The first kappa shape index (κ1) is 25.0. The fourth-order valence-corrected chi connectivity index (χ4v) is 3.81. The second-order valence-corrected chi connectivity index (χ2v) is 9.22. The van der Waals surface area contributed by atoms with Crippen molar-refractivity contribution in [3.05, 3.63) is 96.1 Å². The van der Waals surface area contributed by atoms with Crippen LogP contribution < -0.4 is 10.1 Å². The summed E-state index contributed by atoms with van der Waals surface area (Å²) >= 11 is 4.32. The van der Waals surface area contributed by atoms with E-state index in [4.69, 9.17) is 4.74 Å². The molecule has 3 rings (SSSR count). The van der Waals surface area contributed by atoms with Crippen LogP contribution in [-0.2, 0) is 17.6 Å². The van der Waals surface area contributed by atoms with Crippen LogP contribution >= 0.6 is 45.2 Å². The summed E-state index contributed by atoms with van der Waals surface area (Å²) in [6.45, 7) is 0.394. The van der Waals surface area contributed by atoms with E-state index in [1.165, 1.54) is 18.2 Å². The Hall–Kier alpha value is -2.59. The molecule has 3 aromatic carbocycles. The fourth-order valence-electron chi connectivity index (χ4n) is 2.75. The van der Waals surface area contributed by atoms with Gasteiger partial charge in [0.1, 0.15) is 24.0 Å². The van der Waals surface area contributed by atoms with Crippen LogP contribution in [0.2, 0.25) is 0 Å². The largest absolute Gasteiger partial charge is 0.488 e. The highest BCUT2D eigenvalue weighted by Gasteiger charge is 2.30. The number of nitrogens with one attached hydrogen (secondary N) is 1. The van der Waals surface area contributed by atoms with Crippen LogP contribution in [0, 0.1) is 18.5 Å². The molecule has 33 heavy (non-hydrogen) atoms. The van der Waals surface area contributed by atoms with E-state index in [0.29, 0.717) is 17.9 Å². The van der Waals surface area contributed by atoms with Gasteiger partial charge in [-0.25, -0.2) is 0 Å². The molecule has 0 aromatic heterocycles. The maximum atomic E-state index is 12.9. The maximum absolute atomic E-state index is 12.9. The molecular weight excluding hydrogens is 659 g/mol. The van der Waals surface area contributed by atoms with Crippen molar-refractivity contribution in [2.75, 3.05) is 5.32 Å². The number of nitrogens with zero attached hydrogens (tertiary/aromatic N) is 1. The van der Waals surface area contributed by atoms with E-state index in [-0.39, 0.29) is 11.3 Å². The average molecular weight is 674 g/mol. The van der Waals surface area contributed by atoms with Gasteiger partial charge in [0.15, 0.2) is 0 Å². The zero-order valence-corrected chi connectivity index (χ0v) is 21.1. The predicted octanol–water partition coefficient (Wildman–Crippen LogP) is 7.04. The SMILES string of the molecule is N#C/C(=C/c1ccc(OCc2ccc(I)cc2)c(I)c1)C(=O)Nc1cccc(C(F)(F)F)c1. The van der Waals surface area contributed by atoms with Crippen molar-refractivity contribution in [2.24, 2.45) is 0 Å². The number of benzene rings is 3. The number of carbonyl (C=O) groups excluding carboxylic acids is 1. The molecular formula is C24H15F3I2N2O2. The Labute approximate surface area is 215 Å². The third-order valence-corrected chi connectivity index (χ3v) is 5.95. The third-order valence-electron chi connectivity index (χ3n) is 4.39. The van der Waals surface area contributed by atoms with Crippen molar-refractivity contribution in [3.8, 4) is 11.8 Å². The highest BCUT2D eigenvalue weighted by atomic mass is 127. The Morgan fingerprint density at radius 3 is 2.42 bits per heavy atom. The molecule has 0 atom stereocenters. The van der Waals surface area contributed by atoms with Crippen molar-refractivity contribution in [1.82, 2.24) is 0 Å². The van der Waals surface area contributed by atoms with Crippen molar-refractivity contribution in [2.45, 2.75) is 12.8 Å². The van der Waals surface area contributed by atoms with Gasteiger partial charge in [0.25, 0.3) is 5.91 Å². The van der Waals surface area contributed by atoms with Crippen molar-refractivity contribution in [1.29, 1.82) is 5.26 Å². The van der Waals surface area contributed by atoms with Gasteiger partial charge >= 0.3 is 6.18 Å². The summed E-state index contributed by atoms with van der Waals surface area (Å²) in [5, 5.41) is 11.7. The number of ether oxygens (including phenoxy) is 1. The lowest BCUT2D eigenvalue weighted by Gasteiger charge is -2.10. The second-order valence-electron chi connectivity index (χ2n) is 6.81. The molecule has 0 heterocycles. The van der Waals surface area contributed by atoms with E-state index in [9.17, 15) is 23.2 Å². The molecule has 168 valence electrons. The molecule has 0 spiro atoms. The summed E-state index contributed by atoms with van der Waals surface area (Å²) in [4.78, 5) is 12.4. The normalized spacial score (nSPS) is 11.6. The zero-order chi connectivity index (χ0) is 24.0. The highest BCUT2D eigenvalue weighted by Crippen LogP contribution is 2.31. The molecule has 0 saturated heterocycles. The molecule has 0 bridgehead atoms. The molecule has 0 saturated carbocycles. The minimum absolute atomic E-state index is 0.0510. The average Bonchev–Trinajstić information content (AvgIpc) is 2.77. The Morgan fingerprint density at radius 2 is 1.79 bits per heavy atom. The van der Waals surface area contributed by atoms with Crippen LogP contribution in [0.1, 0.15) is 16.7 Å². The molecule has 1 N–H and O–H groups in total. The van der Waals surface area contributed by atoms with Crippen molar-refractivity contribution >= 4 is 62.9 Å². The number of nitriles is 1. The summed E-state index contributed by atoms with van der Waals surface area (Å²) in [5.41, 5.74) is 0.420. The Bertz CT molecular complexity index is 1230. The van der Waals surface area contributed by atoms with Crippen LogP contribution in [0.3, 0.4) is 0 Å². The van der Waals surface area contributed by atoms with Gasteiger partial charge in [0.2, 0.25) is 0 Å². The van der Waals surface area contributed by atoms with E-state index in [1.807, 2.05) is 24.3 Å². The minimum Gasteiger partial charge on any atom is -0.488 e. The molecule has 1 amide bonds. The van der Waals surface area contributed by atoms with E-state index < -0.39 is 17.6 Å². The van der Waals surface area contributed by atoms with E-state index in [1.54, 1.807) is 24.3 Å². The lowest BCUT2D eigenvalue weighted by atomic mass is 10.1. The molecule has 9 heteroatoms. The lowest BCUT2D eigenvalue weighted by Crippen LogP contribution is -2.14. The highest BCUT2D eigenvalue weighted by molar-refractivity contribution is 14.1. The van der Waals surface area contributed by atoms with E-state index in [2.05, 4.69) is 50.5 Å². The first-order valence-electron chi connectivity index (χ1n) is 9.43. The number of halogens is 5. The van der Waals surface area contributed by atoms with Gasteiger partial charge in [-0.1, -0.05) is 24.3 Å². The number of carbonyl (C=O) groups is 1. The van der Waals surface area contributed by atoms with Crippen LogP contribution in [0.5, 0.6) is 5.75 Å². The monoisotopic (exact) mass is 674 g/mol. The quantitative estimate of drug-likeness (QED) is 0.174. The van der Waals surface area contributed by atoms with Gasteiger partial charge in [0, 0.05) is 9.26 Å². The van der Waals surface area contributed by atoms with Crippen molar-refractivity contribution < 1.29 is 22.7 Å². The molecule has 0 radical (unpaired) electrons. The number of rotatable bonds is 6. The molecule has 0 aliphatic carbocycles. The Balaban J connectivity index is 1.71. The minimum atomic E-state index is -4.53. The van der Waals surface area contributed by atoms with Gasteiger partial charge in [-0.2, -0.15) is 18.4 Å². The topological polar surface area (TPSA) is 62.1 Å². The first-order chi connectivity index (χ1) is 15.7. The first-order valence-corrected chi connectivity index (χ1v) is 11.6. The molecule has 0 aliphatic heterocycles. The van der Waals surface area contributed by atoms with Crippen LogP contribution in [0.25, 0.3) is 6.08 Å². The molecule has 3 aromatic rings. The summed E-state index contributed by atoms with van der Waals surface area (Å²) in [6.07, 6.45) is -3.16. The maximum Gasteiger partial charge on any atom is 0.416 e. The van der Waals surface area contributed by atoms with Gasteiger partial charge in [-0.15, -0.1) is 0 Å². The predicted molar refractivity (Wildman–Crippen MR) is 136 cm³/mol. The lowest BCUT2D eigenvalue weighted by molar-refractivity contribution is -0.137. The summed E-state index contributed by atoms with van der Waals surface area (Å²) in [7, 11) is 0. The second kappa shape index (κ2) is 11.0. The van der Waals surface area contributed by atoms with Gasteiger partial charge in [0.05, 0.1) is 9.13 Å². The van der Waals surface area contributed by atoms with Crippen LogP contribution in [0.4, 0.5) is 18.9 Å².